The number of hydrogen-bond donors (Lipinski definition) is 1. The van der Waals surface area contributed by atoms with E-state index in [4.69, 9.17) is 0 Å². The Bertz CT molecular complexity index is 963. The van der Waals surface area contributed by atoms with Crippen LogP contribution >= 0.6 is 0 Å². The molecule has 5 nitrogen and oxygen atoms in total. The summed E-state index contributed by atoms with van der Waals surface area (Å²) < 4.78 is 13.2. The van der Waals surface area contributed by atoms with E-state index >= 15 is 0 Å². The quantitative estimate of drug-likeness (QED) is 0.774. The van der Waals surface area contributed by atoms with Crippen molar-refractivity contribution in [2.75, 3.05) is 5.32 Å². The Hall–Kier alpha value is -3.02. The fourth-order valence-electron chi connectivity index (χ4n) is 5.64. The molecule has 1 saturated heterocycles. The summed E-state index contributed by atoms with van der Waals surface area (Å²) in [7, 11) is 0. The zero-order chi connectivity index (χ0) is 20.8. The van der Waals surface area contributed by atoms with Gasteiger partial charge in [0.1, 0.15) is 11.9 Å². The lowest BCUT2D eigenvalue weighted by molar-refractivity contribution is -0.147. The number of fused-ring (bicyclic) bond motifs is 5. The number of carbonyl (C=O) groups is 3. The lowest BCUT2D eigenvalue weighted by Crippen LogP contribution is -2.49. The largest absolute Gasteiger partial charge is 0.324 e. The Kier molecular flexibility index (Phi) is 4.65. The summed E-state index contributed by atoms with van der Waals surface area (Å²) >= 11 is 0. The molecule has 0 aromatic heterocycles. The van der Waals surface area contributed by atoms with E-state index in [2.05, 4.69) is 5.32 Å². The number of likely N-dealkylation sites (tertiary alicyclic amines) is 1. The third-order valence-corrected chi connectivity index (χ3v) is 6.96. The molecule has 2 saturated carbocycles. The highest BCUT2D eigenvalue weighted by Gasteiger charge is 2.62. The topological polar surface area (TPSA) is 66.5 Å². The van der Waals surface area contributed by atoms with E-state index in [0.717, 1.165) is 24.8 Å². The average Bonchev–Trinajstić information content (AvgIpc) is 3.43. The van der Waals surface area contributed by atoms with Crippen LogP contribution in [0, 0.1) is 29.5 Å². The highest BCUT2D eigenvalue weighted by molar-refractivity contribution is 6.10. The maximum absolute atomic E-state index is 13.3. The van der Waals surface area contributed by atoms with Gasteiger partial charge in [-0.2, -0.15) is 0 Å². The van der Waals surface area contributed by atoms with Crippen molar-refractivity contribution in [1.29, 1.82) is 0 Å². The second-order valence-electron chi connectivity index (χ2n) is 8.63. The number of imide groups is 1. The van der Waals surface area contributed by atoms with Gasteiger partial charge in [0.05, 0.1) is 11.8 Å². The van der Waals surface area contributed by atoms with Gasteiger partial charge in [0.15, 0.2) is 0 Å². The molecule has 6 heteroatoms. The molecule has 154 valence electrons. The fraction of sp³-hybridized carbons (Fsp3) is 0.375. The van der Waals surface area contributed by atoms with E-state index in [-0.39, 0.29) is 41.9 Å². The first kappa shape index (κ1) is 19.0. The SMILES string of the molecule is O=C(Nc1ccc(F)cc1)[C@H](Cc1ccccc1)N1C(=O)[C@@H]2[C@H]3CC[C@@H](C3)[C@H]2C1=O. The lowest BCUT2D eigenvalue weighted by Gasteiger charge is -2.27. The van der Waals surface area contributed by atoms with Gasteiger partial charge in [0.2, 0.25) is 17.7 Å². The number of anilines is 1. The summed E-state index contributed by atoms with van der Waals surface area (Å²) in [6, 6.07) is 13.9. The number of rotatable bonds is 5. The van der Waals surface area contributed by atoms with Crippen LogP contribution in [0.5, 0.6) is 0 Å². The normalized spacial score (nSPS) is 28.0. The van der Waals surface area contributed by atoms with Crippen LogP contribution in [0.15, 0.2) is 54.6 Å². The molecular weight excluding hydrogens is 383 g/mol. The predicted octanol–water partition coefficient (Wildman–Crippen LogP) is 3.41. The van der Waals surface area contributed by atoms with Crippen LogP contribution in [-0.2, 0) is 20.8 Å². The molecule has 30 heavy (non-hydrogen) atoms. The number of benzene rings is 2. The van der Waals surface area contributed by atoms with Crippen molar-refractivity contribution in [2.45, 2.75) is 31.7 Å². The third-order valence-electron chi connectivity index (χ3n) is 6.96. The molecule has 5 atom stereocenters. The van der Waals surface area contributed by atoms with Crippen molar-refractivity contribution in [2.24, 2.45) is 23.7 Å². The summed E-state index contributed by atoms with van der Waals surface area (Å²) in [5.41, 5.74) is 1.30. The fourth-order valence-corrected chi connectivity index (χ4v) is 5.64. The molecule has 2 aliphatic carbocycles. The molecule has 0 radical (unpaired) electrons. The van der Waals surface area contributed by atoms with Gasteiger partial charge in [-0.05, 0) is 60.9 Å². The lowest BCUT2D eigenvalue weighted by atomic mass is 9.81. The monoisotopic (exact) mass is 406 g/mol. The van der Waals surface area contributed by atoms with Crippen molar-refractivity contribution in [1.82, 2.24) is 4.90 Å². The molecule has 0 unspecified atom stereocenters. The molecule has 5 rings (SSSR count). The van der Waals surface area contributed by atoms with Gasteiger partial charge >= 0.3 is 0 Å². The van der Waals surface area contributed by atoms with E-state index in [0.29, 0.717) is 5.69 Å². The summed E-state index contributed by atoms with van der Waals surface area (Å²) in [4.78, 5) is 41.0. The Morgan fingerprint density at radius 1 is 0.967 bits per heavy atom. The molecule has 3 aliphatic rings. The first-order valence-corrected chi connectivity index (χ1v) is 10.5. The average molecular weight is 406 g/mol. The standard InChI is InChI=1S/C24H23FN2O3/c25-17-8-10-18(11-9-17)26-22(28)19(12-14-4-2-1-3-5-14)27-23(29)20-15-6-7-16(13-15)21(20)24(27)30/h1-5,8-11,15-16,19-21H,6-7,12-13H2,(H,26,28)/t15-,16-,19-,20+,21+/m0/s1. The van der Waals surface area contributed by atoms with Crippen LogP contribution in [0.25, 0.3) is 0 Å². The van der Waals surface area contributed by atoms with Crippen LogP contribution in [0.1, 0.15) is 24.8 Å². The number of hydrogen-bond acceptors (Lipinski definition) is 3. The second-order valence-corrected chi connectivity index (χ2v) is 8.63. The molecule has 3 fully saturated rings. The van der Waals surface area contributed by atoms with Gasteiger partial charge in [-0.1, -0.05) is 30.3 Å². The van der Waals surface area contributed by atoms with Crippen LogP contribution in [-0.4, -0.2) is 28.7 Å². The summed E-state index contributed by atoms with van der Waals surface area (Å²) in [6.45, 7) is 0. The minimum atomic E-state index is -0.928. The first-order chi connectivity index (χ1) is 14.5. The van der Waals surface area contributed by atoms with Crippen LogP contribution in [0.2, 0.25) is 0 Å². The maximum Gasteiger partial charge on any atom is 0.248 e. The maximum atomic E-state index is 13.3. The number of nitrogens with one attached hydrogen (secondary N) is 1. The van der Waals surface area contributed by atoms with Crippen molar-refractivity contribution in [3.8, 4) is 0 Å². The molecule has 2 aromatic carbocycles. The van der Waals surface area contributed by atoms with Crippen molar-refractivity contribution in [3.05, 3.63) is 66.0 Å². The minimum Gasteiger partial charge on any atom is -0.324 e. The Labute approximate surface area is 174 Å². The van der Waals surface area contributed by atoms with E-state index in [1.807, 2.05) is 30.3 Å². The second kappa shape index (κ2) is 7.35. The molecule has 1 heterocycles. The van der Waals surface area contributed by atoms with Gasteiger partial charge in [-0.25, -0.2) is 4.39 Å². The summed E-state index contributed by atoms with van der Waals surface area (Å²) in [5.74, 6) is -1.25. The Morgan fingerprint density at radius 3 is 2.17 bits per heavy atom. The molecule has 3 amide bonds. The predicted molar refractivity (Wildman–Crippen MR) is 109 cm³/mol. The zero-order valence-electron chi connectivity index (χ0n) is 16.5. The van der Waals surface area contributed by atoms with Crippen molar-refractivity contribution in [3.63, 3.8) is 0 Å². The molecule has 1 N–H and O–H groups in total. The van der Waals surface area contributed by atoms with E-state index < -0.39 is 17.8 Å². The molecule has 2 aromatic rings. The highest BCUT2D eigenvalue weighted by Crippen LogP contribution is 2.56. The van der Waals surface area contributed by atoms with E-state index in [1.54, 1.807) is 0 Å². The van der Waals surface area contributed by atoms with Gasteiger partial charge in [-0.15, -0.1) is 0 Å². The van der Waals surface area contributed by atoms with Crippen molar-refractivity contribution < 1.29 is 18.8 Å². The highest BCUT2D eigenvalue weighted by atomic mass is 19.1. The Balaban J connectivity index is 1.45. The van der Waals surface area contributed by atoms with Gasteiger partial charge < -0.3 is 5.32 Å². The zero-order valence-corrected chi connectivity index (χ0v) is 16.5. The number of amides is 3. The van der Waals surface area contributed by atoms with Crippen LogP contribution in [0.4, 0.5) is 10.1 Å². The van der Waals surface area contributed by atoms with Crippen LogP contribution < -0.4 is 5.32 Å². The number of halogens is 1. The number of carbonyl (C=O) groups excluding carboxylic acids is 3. The smallest absolute Gasteiger partial charge is 0.248 e. The molecule has 1 aliphatic heterocycles. The van der Waals surface area contributed by atoms with Gasteiger partial charge in [-0.3, -0.25) is 19.3 Å². The third kappa shape index (κ3) is 3.11. The first-order valence-electron chi connectivity index (χ1n) is 10.5. The Morgan fingerprint density at radius 2 is 1.57 bits per heavy atom. The molecule has 0 spiro atoms. The molecular formula is C24H23FN2O3. The van der Waals surface area contributed by atoms with Gasteiger partial charge in [0, 0.05) is 12.1 Å². The van der Waals surface area contributed by atoms with E-state index in [9.17, 15) is 18.8 Å². The number of nitrogens with zero attached hydrogens (tertiary/aromatic N) is 1. The summed E-state index contributed by atoms with van der Waals surface area (Å²) in [6.07, 6.45) is 3.18. The molecule has 2 bridgehead atoms. The minimum absolute atomic E-state index is 0.201. The summed E-state index contributed by atoms with van der Waals surface area (Å²) in [5, 5.41) is 2.76. The van der Waals surface area contributed by atoms with Gasteiger partial charge in [0.25, 0.3) is 0 Å². The van der Waals surface area contributed by atoms with Crippen LogP contribution in [0.3, 0.4) is 0 Å². The van der Waals surface area contributed by atoms with Crippen molar-refractivity contribution >= 4 is 23.4 Å². The van der Waals surface area contributed by atoms with E-state index in [1.165, 1.54) is 29.2 Å².